The zero-order chi connectivity index (χ0) is 15.8. The van der Waals surface area contributed by atoms with Crippen molar-refractivity contribution in [1.29, 1.82) is 0 Å². The van der Waals surface area contributed by atoms with Crippen LogP contribution < -0.4 is 4.72 Å². The number of aromatic carboxylic acids is 1. The number of thiophene rings is 1. The highest BCUT2D eigenvalue weighted by molar-refractivity contribution is 9.11. The molecule has 2 rings (SSSR count). The Morgan fingerprint density at radius 3 is 2.43 bits per heavy atom. The molecule has 1 aromatic carbocycles. The molecule has 2 N–H and O–H groups in total. The molecule has 0 aliphatic rings. The van der Waals surface area contributed by atoms with Crippen LogP contribution in [0, 0.1) is 0 Å². The summed E-state index contributed by atoms with van der Waals surface area (Å²) >= 11 is 10.4. The predicted molar refractivity (Wildman–Crippen MR) is 91.6 cm³/mol. The number of anilines is 1. The molecule has 1 heterocycles. The second-order valence-corrected chi connectivity index (χ2v) is 9.57. The molecule has 0 saturated heterocycles. The lowest BCUT2D eigenvalue weighted by atomic mass is 10.3. The summed E-state index contributed by atoms with van der Waals surface area (Å²) < 4.78 is 28.6. The van der Waals surface area contributed by atoms with Gasteiger partial charge in [0.1, 0.15) is 9.77 Å². The van der Waals surface area contributed by atoms with Crippen LogP contribution in [0.1, 0.15) is 9.67 Å². The van der Waals surface area contributed by atoms with Gasteiger partial charge in [0, 0.05) is 8.95 Å². The average molecular weight is 520 g/mol. The SMILES string of the molecule is O=C(O)c1cc(S(=O)(=O)Nc2cc(Br)ccc2Br)c(Br)s1. The molecule has 2 aromatic rings. The molecule has 0 radical (unpaired) electrons. The van der Waals surface area contributed by atoms with E-state index in [9.17, 15) is 13.2 Å². The van der Waals surface area contributed by atoms with E-state index in [1.165, 1.54) is 0 Å². The lowest BCUT2D eigenvalue weighted by Crippen LogP contribution is -2.13. The fraction of sp³-hybridized carbons (Fsp3) is 0. The molecule has 0 aliphatic carbocycles. The highest BCUT2D eigenvalue weighted by Crippen LogP contribution is 2.34. The zero-order valence-corrected chi connectivity index (χ0v) is 16.3. The Hall–Kier alpha value is -0.420. The van der Waals surface area contributed by atoms with E-state index >= 15 is 0 Å². The van der Waals surface area contributed by atoms with Crippen molar-refractivity contribution in [2.45, 2.75) is 4.90 Å². The average Bonchev–Trinajstić information content (AvgIpc) is 2.77. The van der Waals surface area contributed by atoms with E-state index in [0.717, 1.165) is 17.4 Å². The number of nitrogens with one attached hydrogen (secondary N) is 1. The number of sulfonamides is 1. The Balaban J connectivity index is 2.43. The summed E-state index contributed by atoms with van der Waals surface area (Å²) in [7, 11) is -3.90. The minimum absolute atomic E-state index is 0.0597. The van der Waals surface area contributed by atoms with Crippen molar-refractivity contribution in [2.75, 3.05) is 4.72 Å². The first-order chi connectivity index (χ1) is 9.70. The Kier molecular flexibility index (Phi) is 5.14. The molecule has 0 spiro atoms. The van der Waals surface area contributed by atoms with Crippen LogP contribution in [0.4, 0.5) is 5.69 Å². The fourth-order valence-corrected chi connectivity index (χ4v) is 5.73. The number of halogens is 3. The summed E-state index contributed by atoms with van der Waals surface area (Å²) in [6.45, 7) is 0. The number of carboxylic acids is 1. The lowest BCUT2D eigenvalue weighted by molar-refractivity contribution is 0.0702. The van der Waals surface area contributed by atoms with Crippen LogP contribution >= 0.6 is 59.1 Å². The van der Waals surface area contributed by atoms with Crippen molar-refractivity contribution in [3.05, 3.63) is 41.9 Å². The van der Waals surface area contributed by atoms with E-state index in [1.54, 1.807) is 18.2 Å². The van der Waals surface area contributed by atoms with E-state index in [2.05, 4.69) is 52.5 Å². The number of hydrogen-bond acceptors (Lipinski definition) is 4. The van der Waals surface area contributed by atoms with Crippen LogP contribution in [-0.2, 0) is 10.0 Å². The van der Waals surface area contributed by atoms with Crippen LogP contribution in [0.25, 0.3) is 0 Å². The molecular weight excluding hydrogens is 514 g/mol. The minimum Gasteiger partial charge on any atom is -0.477 e. The summed E-state index contributed by atoms with van der Waals surface area (Å²) in [4.78, 5) is 10.7. The van der Waals surface area contributed by atoms with Gasteiger partial charge in [-0.2, -0.15) is 0 Å². The number of carbonyl (C=O) groups is 1. The Bertz CT molecular complexity index is 817. The van der Waals surface area contributed by atoms with Gasteiger partial charge in [-0.1, -0.05) is 15.9 Å². The van der Waals surface area contributed by atoms with Gasteiger partial charge < -0.3 is 5.11 Å². The lowest BCUT2D eigenvalue weighted by Gasteiger charge is -2.09. The topological polar surface area (TPSA) is 83.5 Å². The number of benzene rings is 1. The normalized spacial score (nSPS) is 11.4. The molecule has 1 aromatic heterocycles. The standard InChI is InChI=1S/C11H6Br3NO4S2/c12-5-1-2-6(13)7(3-5)15-21(18,19)9-4-8(11(16)17)20-10(9)14/h1-4,15H,(H,16,17). The molecule has 0 bridgehead atoms. The molecule has 112 valence electrons. The van der Waals surface area contributed by atoms with Crippen LogP contribution in [0.15, 0.2) is 41.9 Å². The fourth-order valence-electron chi connectivity index (χ4n) is 1.42. The molecule has 10 heteroatoms. The first kappa shape index (κ1) is 16.9. The van der Waals surface area contributed by atoms with E-state index in [4.69, 9.17) is 5.11 Å². The van der Waals surface area contributed by atoms with Gasteiger partial charge in [0.15, 0.2) is 0 Å². The van der Waals surface area contributed by atoms with Crippen molar-refractivity contribution in [3.8, 4) is 0 Å². The molecule has 21 heavy (non-hydrogen) atoms. The molecule has 0 amide bonds. The van der Waals surface area contributed by atoms with E-state index in [-0.39, 0.29) is 13.6 Å². The molecule has 0 fully saturated rings. The van der Waals surface area contributed by atoms with Crippen molar-refractivity contribution < 1.29 is 18.3 Å². The quantitative estimate of drug-likeness (QED) is 0.621. The van der Waals surface area contributed by atoms with Crippen molar-refractivity contribution in [3.63, 3.8) is 0 Å². The summed E-state index contributed by atoms with van der Waals surface area (Å²) in [5.41, 5.74) is 0.347. The third kappa shape index (κ3) is 3.86. The first-order valence-electron chi connectivity index (χ1n) is 5.21. The summed E-state index contributed by atoms with van der Waals surface area (Å²) in [6.07, 6.45) is 0. The molecular formula is C11H6Br3NO4S2. The van der Waals surface area contributed by atoms with E-state index in [0.29, 0.717) is 14.6 Å². The van der Waals surface area contributed by atoms with Gasteiger partial charge in [0.05, 0.1) is 9.47 Å². The van der Waals surface area contributed by atoms with Crippen LogP contribution in [0.5, 0.6) is 0 Å². The van der Waals surface area contributed by atoms with Gasteiger partial charge in [-0.3, -0.25) is 4.72 Å². The van der Waals surface area contributed by atoms with E-state index < -0.39 is 16.0 Å². The highest BCUT2D eigenvalue weighted by atomic mass is 79.9. The maximum absolute atomic E-state index is 12.4. The third-order valence-corrected chi connectivity index (χ3v) is 7.12. The molecule has 0 aliphatic heterocycles. The number of carboxylic acid groups (broad SMARTS) is 1. The third-order valence-electron chi connectivity index (χ3n) is 2.33. The smallest absolute Gasteiger partial charge is 0.345 e. The highest BCUT2D eigenvalue weighted by Gasteiger charge is 2.24. The largest absolute Gasteiger partial charge is 0.477 e. The zero-order valence-electron chi connectivity index (χ0n) is 9.93. The van der Waals surface area contributed by atoms with Crippen LogP contribution in [0.2, 0.25) is 0 Å². The Morgan fingerprint density at radius 2 is 1.86 bits per heavy atom. The summed E-state index contributed by atoms with van der Waals surface area (Å²) in [5, 5.41) is 8.92. The Morgan fingerprint density at radius 1 is 1.19 bits per heavy atom. The molecule has 5 nitrogen and oxygen atoms in total. The van der Waals surface area contributed by atoms with Crippen LogP contribution in [-0.4, -0.2) is 19.5 Å². The van der Waals surface area contributed by atoms with Gasteiger partial charge in [0.2, 0.25) is 0 Å². The van der Waals surface area contributed by atoms with Crippen molar-refractivity contribution in [2.24, 2.45) is 0 Å². The first-order valence-corrected chi connectivity index (χ1v) is 9.89. The summed E-state index contributed by atoms with van der Waals surface area (Å²) in [6, 6.07) is 6.16. The minimum atomic E-state index is -3.90. The Labute approximate surface area is 149 Å². The van der Waals surface area contributed by atoms with Gasteiger partial charge in [-0.15, -0.1) is 11.3 Å². The number of rotatable bonds is 4. The second-order valence-electron chi connectivity index (χ2n) is 3.78. The maximum atomic E-state index is 12.4. The molecule has 0 unspecified atom stereocenters. The van der Waals surface area contributed by atoms with Gasteiger partial charge in [-0.05, 0) is 56.1 Å². The van der Waals surface area contributed by atoms with E-state index in [1.807, 2.05) is 0 Å². The predicted octanol–water partition coefficient (Wildman–Crippen LogP) is 4.53. The molecule has 0 atom stereocenters. The maximum Gasteiger partial charge on any atom is 0.345 e. The van der Waals surface area contributed by atoms with Gasteiger partial charge in [-0.25, -0.2) is 13.2 Å². The monoisotopic (exact) mass is 517 g/mol. The summed E-state index contributed by atoms with van der Waals surface area (Å²) in [5.74, 6) is -1.18. The van der Waals surface area contributed by atoms with Crippen molar-refractivity contribution in [1.82, 2.24) is 0 Å². The second kappa shape index (κ2) is 6.37. The van der Waals surface area contributed by atoms with Gasteiger partial charge >= 0.3 is 5.97 Å². The van der Waals surface area contributed by atoms with Crippen molar-refractivity contribution >= 4 is 80.8 Å². The van der Waals surface area contributed by atoms with Crippen LogP contribution in [0.3, 0.4) is 0 Å². The molecule has 0 saturated carbocycles. The van der Waals surface area contributed by atoms with Gasteiger partial charge in [0.25, 0.3) is 10.0 Å². The number of hydrogen-bond donors (Lipinski definition) is 2.